The largest absolute Gasteiger partial charge is 0.246 e. The van der Waals surface area contributed by atoms with E-state index in [0.717, 1.165) is 25.3 Å². The van der Waals surface area contributed by atoms with Gasteiger partial charge < -0.3 is 0 Å². The number of hydrogen-bond donors (Lipinski definition) is 0. The molecule has 1 aromatic carbocycles. The van der Waals surface area contributed by atoms with E-state index >= 15 is 0 Å². The van der Waals surface area contributed by atoms with Crippen molar-refractivity contribution in [1.29, 1.82) is 0 Å². The van der Waals surface area contributed by atoms with E-state index in [0.29, 0.717) is 6.54 Å². The molecule has 0 saturated carbocycles. The van der Waals surface area contributed by atoms with Gasteiger partial charge in [0.2, 0.25) is 10.0 Å². The van der Waals surface area contributed by atoms with Crippen molar-refractivity contribution in [2.24, 2.45) is 0 Å². The highest BCUT2D eigenvalue weighted by atomic mass is 35.5. The van der Waals surface area contributed by atoms with Crippen LogP contribution in [0.5, 0.6) is 0 Å². The van der Waals surface area contributed by atoms with Crippen LogP contribution < -0.4 is 0 Å². The molecule has 0 spiro atoms. The molecule has 1 fully saturated rings. The lowest BCUT2D eigenvalue weighted by Crippen LogP contribution is -2.44. The van der Waals surface area contributed by atoms with Gasteiger partial charge in [0, 0.05) is 18.5 Å². The molecule has 100 valence electrons. The van der Waals surface area contributed by atoms with Gasteiger partial charge in [0.25, 0.3) is 0 Å². The summed E-state index contributed by atoms with van der Waals surface area (Å²) in [5, 5.41) is 0. The number of benzene rings is 1. The highest BCUT2D eigenvalue weighted by molar-refractivity contribution is 7.89. The van der Waals surface area contributed by atoms with Crippen LogP contribution in [0.3, 0.4) is 0 Å². The molecule has 1 aromatic rings. The van der Waals surface area contributed by atoms with Crippen LogP contribution in [0.15, 0.2) is 29.2 Å². The topological polar surface area (TPSA) is 37.4 Å². The molecule has 0 N–H and O–H groups in total. The van der Waals surface area contributed by atoms with Gasteiger partial charge in [-0.05, 0) is 25.0 Å². The van der Waals surface area contributed by atoms with Gasteiger partial charge in [-0.15, -0.1) is 11.6 Å². The Bertz CT molecular complexity index is 521. The lowest BCUT2D eigenvalue weighted by Gasteiger charge is -2.33. The van der Waals surface area contributed by atoms with Gasteiger partial charge in [-0.1, -0.05) is 18.6 Å². The summed E-state index contributed by atoms with van der Waals surface area (Å²) < 4.78 is 39.8. The standard InChI is InChI=1S/C12H15ClFNO2S/c13-9-10-5-3-4-8-15(10)18(16,17)12-7-2-1-6-11(12)14/h1-2,6-7,10H,3-5,8-9H2. The Kier molecular flexibility index (Phi) is 4.25. The normalized spacial score (nSPS) is 22.0. The molecule has 1 heterocycles. The second-order valence-corrected chi connectivity index (χ2v) is 6.52. The van der Waals surface area contributed by atoms with Gasteiger partial charge in [0.15, 0.2) is 0 Å². The zero-order valence-corrected chi connectivity index (χ0v) is 11.4. The predicted octanol–water partition coefficient (Wildman–Crippen LogP) is 2.61. The Hall–Kier alpha value is -0.650. The first-order valence-electron chi connectivity index (χ1n) is 5.89. The van der Waals surface area contributed by atoms with Crippen LogP contribution in [0.25, 0.3) is 0 Å². The summed E-state index contributed by atoms with van der Waals surface area (Å²) in [6, 6.07) is 5.22. The molecule has 18 heavy (non-hydrogen) atoms. The van der Waals surface area contributed by atoms with Gasteiger partial charge in [-0.2, -0.15) is 4.31 Å². The van der Waals surface area contributed by atoms with E-state index in [-0.39, 0.29) is 16.8 Å². The molecule has 3 nitrogen and oxygen atoms in total. The molecule has 1 saturated heterocycles. The van der Waals surface area contributed by atoms with Crippen molar-refractivity contribution in [3.8, 4) is 0 Å². The molecule has 1 aliphatic heterocycles. The first-order valence-corrected chi connectivity index (χ1v) is 7.87. The molecule has 0 aromatic heterocycles. The third kappa shape index (κ3) is 2.53. The predicted molar refractivity (Wildman–Crippen MR) is 68.7 cm³/mol. The minimum atomic E-state index is -3.78. The van der Waals surface area contributed by atoms with E-state index in [2.05, 4.69) is 0 Å². The molecule has 0 amide bonds. The van der Waals surface area contributed by atoms with Crippen LogP contribution >= 0.6 is 11.6 Å². The number of hydrogen-bond acceptors (Lipinski definition) is 2. The monoisotopic (exact) mass is 291 g/mol. The molecule has 0 radical (unpaired) electrons. The van der Waals surface area contributed by atoms with E-state index in [1.54, 1.807) is 0 Å². The number of halogens is 2. The first kappa shape index (κ1) is 13.8. The smallest absolute Gasteiger partial charge is 0.207 e. The molecule has 1 unspecified atom stereocenters. The van der Waals surface area contributed by atoms with Crippen molar-refractivity contribution in [2.45, 2.75) is 30.2 Å². The first-order chi connectivity index (χ1) is 8.57. The lowest BCUT2D eigenvalue weighted by atomic mass is 10.1. The molecular formula is C12H15ClFNO2S. The number of piperidine rings is 1. The second kappa shape index (κ2) is 5.55. The van der Waals surface area contributed by atoms with Crippen LogP contribution in [-0.2, 0) is 10.0 Å². The summed E-state index contributed by atoms with van der Waals surface area (Å²) in [6.07, 6.45) is 2.49. The Morgan fingerprint density at radius 3 is 2.72 bits per heavy atom. The van der Waals surface area contributed by atoms with E-state index in [1.807, 2.05) is 0 Å². The minimum Gasteiger partial charge on any atom is -0.207 e. The fourth-order valence-corrected chi connectivity index (χ4v) is 4.39. The molecule has 0 bridgehead atoms. The van der Waals surface area contributed by atoms with Gasteiger partial charge in [-0.3, -0.25) is 0 Å². The van der Waals surface area contributed by atoms with Crippen molar-refractivity contribution >= 4 is 21.6 Å². The van der Waals surface area contributed by atoms with Crippen molar-refractivity contribution in [3.63, 3.8) is 0 Å². The Labute approximate surface area is 112 Å². The van der Waals surface area contributed by atoms with E-state index in [1.165, 1.54) is 22.5 Å². The summed E-state index contributed by atoms with van der Waals surface area (Å²) in [6.45, 7) is 0.411. The van der Waals surface area contributed by atoms with Crippen LogP contribution in [0.1, 0.15) is 19.3 Å². The molecule has 2 rings (SSSR count). The zero-order chi connectivity index (χ0) is 13.2. The summed E-state index contributed by atoms with van der Waals surface area (Å²) in [7, 11) is -3.78. The average molecular weight is 292 g/mol. The van der Waals surface area contributed by atoms with Gasteiger partial charge in [0.1, 0.15) is 10.7 Å². The Morgan fingerprint density at radius 2 is 2.06 bits per heavy atom. The quantitative estimate of drug-likeness (QED) is 0.803. The van der Waals surface area contributed by atoms with Crippen LogP contribution in [-0.4, -0.2) is 31.2 Å². The lowest BCUT2D eigenvalue weighted by molar-refractivity contribution is 0.270. The maximum Gasteiger partial charge on any atom is 0.246 e. The van der Waals surface area contributed by atoms with E-state index < -0.39 is 15.8 Å². The SMILES string of the molecule is O=S(=O)(c1ccccc1F)N1CCCCC1CCl. The number of rotatable bonds is 3. The molecule has 0 aliphatic carbocycles. The molecule has 1 atom stereocenters. The summed E-state index contributed by atoms with van der Waals surface area (Å²) in [5.41, 5.74) is 0. The van der Waals surface area contributed by atoms with Crippen LogP contribution in [0, 0.1) is 5.82 Å². The van der Waals surface area contributed by atoms with Crippen molar-refractivity contribution in [2.75, 3.05) is 12.4 Å². The number of alkyl halides is 1. The summed E-state index contributed by atoms with van der Waals surface area (Å²) in [4.78, 5) is -0.262. The Morgan fingerprint density at radius 1 is 1.33 bits per heavy atom. The van der Waals surface area contributed by atoms with Crippen LogP contribution in [0.4, 0.5) is 4.39 Å². The van der Waals surface area contributed by atoms with Crippen LogP contribution in [0.2, 0.25) is 0 Å². The van der Waals surface area contributed by atoms with Crippen molar-refractivity contribution in [3.05, 3.63) is 30.1 Å². The third-order valence-electron chi connectivity index (χ3n) is 3.17. The van der Waals surface area contributed by atoms with Gasteiger partial charge >= 0.3 is 0 Å². The molecule has 1 aliphatic rings. The molecule has 6 heteroatoms. The maximum absolute atomic E-state index is 13.6. The zero-order valence-electron chi connectivity index (χ0n) is 9.85. The fourth-order valence-electron chi connectivity index (χ4n) is 2.22. The highest BCUT2D eigenvalue weighted by Gasteiger charge is 2.34. The number of sulfonamides is 1. The maximum atomic E-state index is 13.6. The average Bonchev–Trinajstić information content (AvgIpc) is 2.39. The van der Waals surface area contributed by atoms with Gasteiger partial charge in [0.05, 0.1) is 0 Å². The third-order valence-corrected chi connectivity index (χ3v) is 5.52. The van der Waals surface area contributed by atoms with Gasteiger partial charge in [-0.25, -0.2) is 12.8 Å². The van der Waals surface area contributed by atoms with E-state index in [4.69, 9.17) is 11.6 Å². The van der Waals surface area contributed by atoms with E-state index in [9.17, 15) is 12.8 Å². The fraction of sp³-hybridized carbons (Fsp3) is 0.500. The minimum absolute atomic E-state index is 0.231. The Balaban J connectivity index is 2.39. The summed E-state index contributed by atoms with van der Waals surface area (Å²) >= 11 is 5.81. The number of nitrogens with zero attached hydrogens (tertiary/aromatic N) is 1. The highest BCUT2D eigenvalue weighted by Crippen LogP contribution is 2.27. The van der Waals surface area contributed by atoms with Crippen molar-refractivity contribution in [1.82, 2.24) is 4.31 Å². The summed E-state index contributed by atoms with van der Waals surface area (Å²) in [5.74, 6) is -0.468. The van der Waals surface area contributed by atoms with Crippen molar-refractivity contribution < 1.29 is 12.8 Å². The molecular weight excluding hydrogens is 277 g/mol. The second-order valence-electron chi connectivity index (χ2n) is 4.35.